The Morgan fingerprint density at radius 3 is 2.22 bits per heavy atom. The standard InChI is InChI=1S/C17H16N4O2/c22-16(15-7-4-12-23-15)20-8-10-21(11-9-20)17-18-13-5-2-1-3-6-14(13)19-17/h1-7,12H,8-11H2. The van der Waals surface area contributed by atoms with Gasteiger partial charge in [0.25, 0.3) is 5.91 Å². The van der Waals surface area contributed by atoms with E-state index in [2.05, 4.69) is 14.9 Å². The van der Waals surface area contributed by atoms with E-state index in [1.54, 1.807) is 17.0 Å². The number of rotatable bonds is 2. The molecule has 6 heteroatoms. The Bertz CT molecular complexity index is 748. The van der Waals surface area contributed by atoms with Crippen LogP contribution in [0.2, 0.25) is 0 Å². The van der Waals surface area contributed by atoms with Crippen LogP contribution in [0.3, 0.4) is 0 Å². The Morgan fingerprint density at radius 1 is 0.913 bits per heavy atom. The highest BCUT2D eigenvalue weighted by atomic mass is 16.3. The van der Waals surface area contributed by atoms with Crippen molar-refractivity contribution in [3.63, 3.8) is 0 Å². The van der Waals surface area contributed by atoms with Crippen LogP contribution >= 0.6 is 0 Å². The molecule has 0 aromatic carbocycles. The zero-order valence-electron chi connectivity index (χ0n) is 12.6. The van der Waals surface area contributed by atoms with Crippen LogP contribution in [0.25, 0.3) is 11.4 Å². The van der Waals surface area contributed by atoms with Gasteiger partial charge in [-0.3, -0.25) is 4.79 Å². The first-order chi connectivity index (χ1) is 11.3. The topological polar surface area (TPSA) is 62.5 Å². The van der Waals surface area contributed by atoms with Gasteiger partial charge in [0, 0.05) is 26.2 Å². The monoisotopic (exact) mass is 308 g/mol. The average molecular weight is 308 g/mol. The van der Waals surface area contributed by atoms with Crippen LogP contribution < -0.4 is 4.90 Å². The first-order valence-electron chi connectivity index (χ1n) is 7.62. The second-order valence-corrected chi connectivity index (χ2v) is 5.46. The highest BCUT2D eigenvalue weighted by Crippen LogP contribution is 2.23. The number of amides is 1. The van der Waals surface area contributed by atoms with Gasteiger partial charge < -0.3 is 14.2 Å². The highest BCUT2D eigenvalue weighted by Gasteiger charge is 2.25. The molecule has 0 radical (unpaired) electrons. The molecule has 0 unspecified atom stereocenters. The van der Waals surface area contributed by atoms with Gasteiger partial charge in [0.05, 0.1) is 17.7 Å². The Hall–Kier alpha value is -2.89. The van der Waals surface area contributed by atoms with Gasteiger partial charge in [-0.1, -0.05) is 18.2 Å². The largest absolute Gasteiger partial charge is 0.459 e. The summed E-state index contributed by atoms with van der Waals surface area (Å²) in [5.41, 5.74) is 1.78. The summed E-state index contributed by atoms with van der Waals surface area (Å²) in [6.45, 7) is 2.71. The van der Waals surface area contributed by atoms with Crippen molar-refractivity contribution in [1.29, 1.82) is 0 Å². The smallest absolute Gasteiger partial charge is 0.289 e. The van der Waals surface area contributed by atoms with Crippen LogP contribution in [-0.4, -0.2) is 47.0 Å². The third-order valence-electron chi connectivity index (χ3n) is 4.02. The predicted molar refractivity (Wildman–Crippen MR) is 85.5 cm³/mol. The third-order valence-corrected chi connectivity index (χ3v) is 4.02. The molecule has 0 N–H and O–H groups in total. The zero-order valence-corrected chi connectivity index (χ0v) is 12.6. The summed E-state index contributed by atoms with van der Waals surface area (Å²) in [5, 5.41) is 0. The van der Waals surface area contributed by atoms with Gasteiger partial charge in [0.2, 0.25) is 5.95 Å². The average Bonchev–Trinajstić information content (AvgIpc) is 3.21. The van der Waals surface area contributed by atoms with E-state index in [1.165, 1.54) is 6.26 Å². The van der Waals surface area contributed by atoms with Crippen molar-refractivity contribution in [3.05, 3.63) is 54.5 Å². The van der Waals surface area contributed by atoms with E-state index < -0.39 is 0 Å². The lowest BCUT2D eigenvalue weighted by molar-refractivity contribution is 0.0714. The summed E-state index contributed by atoms with van der Waals surface area (Å²) in [4.78, 5) is 25.4. The Morgan fingerprint density at radius 2 is 1.61 bits per heavy atom. The minimum absolute atomic E-state index is 0.0599. The van der Waals surface area contributed by atoms with Crippen LogP contribution in [0.4, 0.5) is 5.95 Å². The molecule has 2 aliphatic heterocycles. The Kier molecular flexibility index (Phi) is 3.42. The van der Waals surface area contributed by atoms with Crippen molar-refractivity contribution in [2.45, 2.75) is 0 Å². The van der Waals surface area contributed by atoms with Gasteiger partial charge in [0.15, 0.2) is 5.76 Å². The summed E-state index contributed by atoms with van der Waals surface area (Å²) >= 11 is 0. The SMILES string of the molecule is O=C(c1ccco1)N1CCN(c2nc3cccccc-3n2)CC1. The molecule has 1 aromatic heterocycles. The maximum atomic E-state index is 12.3. The number of carbonyl (C=O) groups excluding carboxylic acids is 1. The molecule has 0 atom stereocenters. The molecular formula is C17H16N4O2. The fraction of sp³-hybridized carbons (Fsp3) is 0.235. The summed E-state index contributed by atoms with van der Waals surface area (Å²) in [6.07, 6.45) is 1.52. The number of furan rings is 1. The summed E-state index contributed by atoms with van der Waals surface area (Å²) < 4.78 is 5.18. The lowest BCUT2D eigenvalue weighted by Crippen LogP contribution is -2.49. The van der Waals surface area contributed by atoms with Crippen molar-refractivity contribution in [2.24, 2.45) is 0 Å². The molecular weight excluding hydrogens is 292 g/mol. The maximum Gasteiger partial charge on any atom is 0.289 e. The molecule has 1 aliphatic carbocycles. The molecule has 23 heavy (non-hydrogen) atoms. The van der Waals surface area contributed by atoms with Crippen LogP contribution in [-0.2, 0) is 0 Å². The van der Waals surface area contributed by atoms with Gasteiger partial charge in [-0.05, 0) is 24.3 Å². The quantitative estimate of drug-likeness (QED) is 0.726. The van der Waals surface area contributed by atoms with Crippen LogP contribution in [0.5, 0.6) is 0 Å². The number of hydrogen-bond donors (Lipinski definition) is 0. The molecule has 1 fully saturated rings. The number of fused-ring (bicyclic) bond motifs is 1. The van der Waals surface area contributed by atoms with Gasteiger partial charge in [-0.25, -0.2) is 9.97 Å². The molecule has 0 bridgehead atoms. The zero-order chi connectivity index (χ0) is 15.6. The predicted octanol–water partition coefficient (Wildman–Crippen LogP) is 2.14. The second-order valence-electron chi connectivity index (χ2n) is 5.46. The number of hydrogen-bond acceptors (Lipinski definition) is 5. The van der Waals surface area contributed by atoms with Crippen molar-refractivity contribution in [3.8, 4) is 11.4 Å². The minimum atomic E-state index is -0.0599. The number of carbonyl (C=O) groups is 1. The molecule has 1 aromatic rings. The first-order valence-corrected chi connectivity index (χ1v) is 7.62. The van der Waals surface area contributed by atoms with Crippen molar-refractivity contribution < 1.29 is 9.21 Å². The highest BCUT2D eigenvalue weighted by molar-refractivity contribution is 5.91. The minimum Gasteiger partial charge on any atom is -0.459 e. The first kappa shape index (κ1) is 13.8. The summed E-state index contributed by atoms with van der Waals surface area (Å²) in [5.74, 6) is 1.06. The molecule has 4 rings (SSSR count). The van der Waals surface area contributed by atoms with E-state index in [0.29, 0.717) is 18.8 Å². The molecule has 1 amide bonds. The molecule has 116 valence electrons. The lowest BCUT2D eigenvalue weighted by Gasteiger charge is -2.33. The molecule has 6 nitrogen and oxygen atoms in total. The van der Waals surface area contributed by atoms with E-state index in [-0.39, 0.29) is 5.91 Å². The Balaban J connectivity index is 1.47. The lowest BCUT2D eigenvalue weighted by atomic mass is 10.3. The van der Waals surface area contributed by atoms with Crippen molar-refractivity contribution in [1.82, 2.24) is 14.9 Å². The fourth-order valence-corrected chi connectivity index (χ4v) is 2.76. The van der Waals surface area contributed by atoms with E-state index in [1.807, 2.05) is 30.3 Å². The van der Waals surface area contributed by atoms with Gasteiger partial charge in [0.1, 0.15) is 0 Å². The molecule has 3 heterocycles. The molecule has 0 spiro atoms. The van der Waals surface area contributed by atoms with E-state index in [4.69, 9.17) is 4.42 Å². The van der Waals surface area contributed by atoms with Gasteiger partial charge >= 0.3 is 0 Å². The van der Waals surface area contributed by atoms with Crippen LogP contribution in [0.15, 0.2) is 53.1 Å². The van der Waals surface area contributed by atoms with E-state index in [9.17, 15) is 4.79 Å². The Labute approximate surface area is 133 Å². The molecule has 3 aliphatic rings. The van der Waals surface area contributed by atoms with Crippen molar-refractivity contribution >= 4 is 11.9 Å². The number of anilines is 1. The molecule has 0 saturated carbocycles. The van der Waals surface area contributed by atoms with Gasteiger partial charge in [-0.15, -0.1) is 0 Å². The van der Waals surface area contributed by atoms with Gasteiger partial charge in [-0.2, -0.15) is 0 Å². The number of imidazole rings is 1. The van der Waals surface area contributed by atoms with E-state index >= 15 is 0 Å². The fourth-order valence-electron chi connectivity index (χ4n) is 2.76. The summed E-state index contributed by atoms with van der Waals surface area (Å²) in [6, 6.07) is 13.2. The van der Waals surface area contributed by atoms with Crippen LogP contribution in [0, 0.1) is 0 Å². The molecule has 1 saturated heterocycles. The number of nitrogens with zero attached hydrogens (tertiary/aromatic N) is 4. The van der Waals surface area contributed by atoms with Crippen LogP contribution in [0.1, 0.15) is 10.6 Å². The number of aromatic nitrogens is 2. The van der Waals surface area contributed by atoms with E-state index in [0.717, 1.165) is 30.4 Å². The maximum absolute atomic E-state index is 12.3. The summed E-state index contributed by atoms with van der Waals surface area (Å²) in [7, 11) is 0. The van der Waals surface area contributed by atoms with Crippen molar-refractivity contribution in [2.75, 3.05) is 31.1 Å². The number of piperazine rings is 1. The third kappa shape index (κ3) is 2.63. The normalized spacial score (nSPS) is 15.1. The second kappa shape index (κ2) is 5.72.